The van der Waals surface area contributed by atoms with E-state index in [4.69, 9.17) is 5.11 Å². The van der Waals surface area contributed by atoms with E-state index in [0.717, 1.165) is 6.26 Å². The van der Waals surface area contributed by atoms with E-state index in [0.29, 0.717) is 0 Å². The standard InChI is InChI=1S/C3H6O3.C3H4O3/c1-5-3(4)6-2;1-2-6-3(4)5/h1-2H3;2H,1H2,(H,4,5). The molecule has 0 fully saturated rings. The summed E-state index contributed by atoms with van der Waals surface area (Å²) in [5, 5.41) is 7.62. The minimum absolute atomic E-state index is 0.657. The Morgan fingerprint density at radius 3 is 1.75 bits per heavy atom. The molecular weight excluding hydrogens is 168 g/mol. The van der Waals surface area contributed by atoms with Gasteiger partial charge >= 0.3 is 12.3 Å². The smallest absolute Gasteiger partial charge is 0.449 e. The third kappa shape index (κ3) is 15.7. The predicted molar refractivity (Wildman–Crippen MR) is 38.7 cm³/mol. The molecule has 0 heterocycles. The van der Waals surface area contributed by atoms with Crippen molar-refractivity contribution in [3.05, 3.63) is 12.8 Å². The van der Waals surface area contributed by atoms with Crippen LogP contribution in [0, 0.1) is 0 Å². The Morgan fingerprint density at radius 1 is 1.33 bits per heavy atom. The minimum Gasteiger partial charge on any atom is -0.449 e. The van der Waals surface area contributed by atoms with Crippen LogP contribution < -0.4 is 0 Å². The molecule has 0 aliphatic carbocycles. The first kappa shape index (κ1) is 12.9. The van der Waals surface area contributed by atoms with Crippen molar-refractivity contribution >= 4 is 12.3 Å². The maximum atomic E-state index is 9.74. The normalized spacial score (nSPS) is 6.83. The lowest BCUT2D eigenvalue weighted by Crippen LogP contribution is -1.97. The van der Waals surface area contributed by atoms with Gasteiger partial charge in [0.25, 0.3) is 0 Å². The monoisotopic (exact) mass is 178 g/mol. The summed E-state index contributed by atoms with van der Waals surface area (Å²) in [6.07, 6.45) is -1.14. The van der Waals surface area contributed by atoms with Gasteiger partial charge in [0.15, 0.2) is 0 Å². The number of ether oxygens (including phenoxy) is 3. The summed E-state index contributed by atoms with van der Waals surface area (Å²) in [4.78, 5) is 19.0. The highest BCUT2D eigenvalue weighted by molar-refractivity contribution is 5.59. The summed E-state index contributed by atoms with van der Waals surface area (Å²) in [6.45, 7) is 3.00. The zero-order valence-corrected chi connectivity index (χ0v) is 6.77. The third-order valence-corrected chi connectivity index (χ3v) is 0.517. The number of carboxylic acid groups (broad SMARTS) is 1. The van der Waals surface area contributed by atoms with Crippen LogP contribution in [0.2, 0.25) is 0 Å². The first-order valence-corrected chi connectivity index (χ1v) is 2.70. The Bertz CT molecular complexity index is 146. The predicted octanol–water partition coefficient (Wildman–Crippen LogP) is 1.22. The molecule has 0 aliphatic heterocycles. The molecule has 0 radical (unpaired) electrons. The molecular formula is C6H10O6. The van der Waals surface area contributed by atoms with E-state index in [2.05, 4.69) is 20.8 Å². The highest BCUT2D eigenvalue weighted by atomic mass is 16.7. The second-order valence-electron chi connectivity index (χ2n) is 1.21. The van der Waals surface area contributed by atoms with E-state index in [1.807, 2.05) is 0 Å². The molecule has 0 spiro atoms. The van der Waals surface area contributed by atoms with Crippen molar-refractivity contribution in [2.75, 3.05) is 14.2 Å². The second kappa shape index (κ2) is 9.28. The van der Waals surface area contributed by atoms with Crippen LogP contribution in [0.25, 0.3) is 0 Å². The van der Waals surface area contributed by atoms with Crippen LogP contribution in [-0.4, -0.2) is 31.6 Å². The van der Waals surface area contributed by atoms with E-state index in [9.17, 15) is 9.59 Å². The third-order valence-electron chi connectivity index (χ3n) is 0.517. The molecule has 0 aromatic rings. The van der Waals surface area contributed by atoms with Gasteiger partial charge in [-0.05, 0) is 0 Å². The van der Waals surface area contributed by atoms with Crippen LogP contribution >= 0.6 is 0 Å². The number of carbonyl (C=O) groups excluding carboxylic acids is 1. The van der Waals surface area contributed by atoms with Crippen molar-refractivity contribution < 1.29 is 28.9 Å². The van der Waals surface area contributed by atoms with Crippen molar-refractivity contribution in [3.8, 4) is 0 Å². The number of carbonyl (C=O) groups is 2. The number of hydrogen-bond acceptors (Lipinski definition) is 5. The quantitative estimate of drug-likeness (QED) is 0.480. The summed E-state index contributed by atoms with van der Waals surface area (Å²) in [6, 6.07) is 0. The molecule has 0 rings (SSSR count). The topological polar surface area (TPSA) is 82.1 Å². The van der Waals surface area contributed by atoms with E-state index in [-0.39, 0.29) is 0 Å². The fourth-order valence-corrected chi connectivity index (χ4v) is 0.155. The summed E-state index contributed by atoms with van der Waals surface area (Å²) in [5.74, 6) is 0. The first-order chi connectivity index (χ1) is 5.58. The van der Waals surface area contributed by atoms with Gasteiger partial charge in [-0.2, -0.15) is 0 Å². The van der Waals surface area contributed by atoms with Gasteiger partial charge < -0.3 is 19.3 Å². The summed E-state index contributed by atoms with van der Waals surface area (Å²) < 4.78 is 11.8. The van der Waals surface area contributed by atoms with Crippen molar-refractivity contribution in [3.63, 3.8) is 0 Å². The largest absolute Gasteiger partial charge is 0.510 e. The molecule has 6 nitrogen and oxygen atoms in total. The molecule has 0 aromatic heterocycles. The molecule has 0 aromatic carbocycles. The van der Waals surface area contributed by atoms with Crippen molar-refractivity contribution in [1.82, 2.24) is 0 Å². The number of methoxy groups -OCH3 is 2. The van der Waals surface area contributed by atoms with Gasteiger partial charge in [0.2, 0.25) is 0 Å². The van der Waals surface area contributed by atoms with Gasteiger partial charge in [-0.15, -0.1) is 0 Å². The first-order valence-electron chi connectivity index (χ1n) is 2.70. The highest BCUT2D eigenvalue weighted by Crippen LogP contribution is 1.72. The van der Waals surface area contributed by atoms with Gasteiger partial charge in [-0.25, -0.2) is 9.59 Å². The van der Waals surface area contributed by atoms with Crippen LogP contribution in [0.3, 0.4) is 0 Å². The number of hydrogen-bond donors (Lipinski definition) is 1. The lowest BCUT2D eigenvalue weighted by molar-refractivity contribution is 0.0924. The summed E-state index contributed by atoms with van der Waals surface area (Å²) >= 11 is 0. The molecule has 0 unspecified atom stereocenters. The van der Waals surface area contributed by atoms with Crippen molar-refractivity contribution in [2.45, 2.75) is 0 Å². The lowest BCUT2D eigenvalue weighted by atomic mass is 11.1. The Hall–Kier alpha value is -1.72. The maximum Gasteiger partial charge on any atom is 0.510 e. The van der Waals surface area contributed by atoms with Crippen molar-refractivity contribution in [1.29, 1.82) is 0 Å². The SMILES string of the molecule is C=COC(=O)O.COC(=O)OC. The maximum absolute atomic E-state index is 9.74. The van der Waals surface area contributed by atoms with Crippen LogP contribution in [0.1, 0.15) is 0 Å². The minimum atomic E-state index is -1.33. The molecule has 0 bridgehead atoms. The fraction of sp³-hybridized carbons (Fsp3) is 0.333. The Balaban J connectivity index is 0. The zero-order valence-electron chi connectivity index (χ0n) is 6.77. The molecule has 0 atom stereocenters. The molecule has 0 aliphatic rings. The zero-order chi connectivity index (χ0) is 9.98. The highest BCUT2D eigenvalue weighted by Gasteiger charge is 1.88. The molecule has 12 heavy (non-hydrogen) atoms. The van der Waals surface area contributed by atoms with E-state index in [1.54, 1.807) is 0 Å². The number of rotatable bonds is 1. The van der Waals surface area contributed by atoms with Crippen LogP contribution in [0.4, 0.5) is 9.59 Å². The van der Waals surface area contributed by atoms with Gasteiger partial charge in [-0.3, -0.25) is 0 Å². The van der Waals surface area contributed by atoms with E-state index in [1.165, 1.54) is 14.2 Å². The van der Waals surface area contributed by atoms with Crippen LogP contribution in [0.15, 0.2) is 12.8 Å². The molecule has 0 saturated carbocycles. The summed E-state index contributed by atoms with van der Waals surface area (Å²) in [7, 11) is 2.51. The van der Waals surface area contributed by atoms with Crippen molar-refractivity contribution in [2.24, 2.45) is 0 Å². The molecule has 6 heteroatoms. The summed E-state index contributed by atoms with van der Waals surface area (Å²) in [5.41, 5.74) is 0. The fourth-order valence-electron chi connectivity index (χ4n) is 0.155. The van der Waals surface area contributed by atoms with Gasteiger partial charge in [-0.1, -0.05) is 6.58 Å². The van der Waals surface area contributed by atoms with E-state index < -0.39 is 12.3 Å². The Kier molecular flexibility index (Phi) is 9.99. The Morgan fingerprint density at radius 2 is 1.75 bits per heavy atom. The molecule has 1 N–H and O–H groups in total. The second-order valence-corrected chi connectivity index (χ2v) is 1.21. The van der Waals surface area contributed by atoms with Gasteiger partial charge in [0, 0.05) is 0 Å². The van der Waals surface area contributed by atoms with E-state index >= 15 is 0 Å². The van der Waals surface area contributed by atoms with Crippen LogP contribution in [0.5, 0.6) is 0 Å². The molecule has 70 valence electrons. The lowest BCUT2D eigenvalue weighted by Gasteiger charge is -1.89. The Labute approximate surface area is 69.3 Å². The van der Waals surface area contributed by atoms with Crippen LogP contribution in [-0.2, 0) is 14.2 Å². The average molecular weight is 178 g/mol. The van der Waals surface area contributed by atoms with Gasteiger partial charge in [0.05, 0.1) is 20.5 Å². The molecule has 0 amide bonds. The average Bonchev–Trinajstić information content (AvgIpc) is 2.04. The van der Waals surface area contributed by atoms with Gasteiger partial charge in [0.1, 0.15) is 0 Å². The molecule has 0 saturated heterocycles.